The Morgan fingerprint density at radius 1 is 1.15 bits per heavy atom. The molecule has 0 saturated heterocycles. The zero-order valence-corrected chi connectivity index (χ0v) is 14.9. The molecule has 1 heterocycles. The number of nitrogens with one attached hydrogen (secondary N) is 1. The molecular weight excluding hydrogens is 344 g/mol. The molecule has 0 radical (unpaired) electrons. The van der Waals surface area contributed by atoms with Crippen molar-refractivity contribution in [2.75, 3.05) is 11.6 Å². The molecular formula is C20H16N4OS. The van der Waals surface area contributed by atoms with Crippen LogP contribution in [0.2, 0.25) is 0 Å². The van der Waals surface area contributed by atoms with Crippen molar-refractivity contribution in [3.63, 3.8) is 0 Å². The summed E-state index contributed by atoms with van der Waals surface area (Å²) in [5.74, 6) is 0.0425. The van der Waals surface area contributed by atoms with Crippen molar-refractivity contribution in [1.29, 1.82) is 5.26 Å². The van der Waals surface area contributed by atoms with Gasteiger partial charge in [0.2, 0.25) is 5.91 Å². The zero-order chi connectivity index (χ0) is 18.4. The van der Waals surface area contributed by atoms with Crippen molar-refractivity contribution in [3.05, 3.63) is 77.9 Å². The molecule has 0 saturated carbocycles. The Hall–Kier alpha value is -3.30. The Balaban J connectivity index is 1.93. The van der Waals surface area contributed by atoms with Gasteiger partial charge in [0, 0.05) is 6.08 Å². The highest BCUT2D eigenvalue weighted by Crippen LogP contribution is 2.28. The lowest BCUT2D eigenvalue weighted by Crippen LogP contribution is -2.13. The number of para-hydroxylation sites is 1. The molecule has 1 amide bonds. The summed E-state index contributed by atoms with van der Waals surface area (Å²) in [6.07, 6.45) is 5.01. The summed E-state index contributed by atoms with van der Waals surface area (Å²) < 4.78 is 1.58. The topological polar surface area (TPSA) is 70.7 Å². The number of hydrogen-bond acceptors (Lipinski definition) is 4. The number of anilines is 1. The van der Waals surface area contributed by atoms with E-state index in [1.165, 1.54) is 17.8 Å². The second kappa shape index (κ2) is 8.19. The molecule has 2 aromatic carbocycles. The zero-order valence-electron chi connectivity index (χ0n) is 14.1. The predicted octanol–water partition coefficient (Wildman–Crippen LogP) is 4.12. The lowest BCUT2D eigenvalue weighted by atomic mass is 10.2. The van der Waals surface area contributed by atoms with Crippen LogP contribution in [0.3, 0.4) is 0 Å². The minimum atomic E-state index is -0.324. The van der Waals surface area contributed by atoms with Crippen LogP contribution in [-0.2, 0) is 4.79 Å². The van der Waals surface area contributed by atoms with E-state index in [2.05, 4.69) is 16.5 Å². The molecule has 3 rings (SSSR count). The molecule has 5 nitrogen and oxygen atoms in total. The number of amides is 1. The van der Waals surface area contributed by atoms with Crippen molar-refractivity contribution in [3.8, 4) is 11.8 Å². The van der Waals surface area contributed by atoms with Gasteiger partial charge in [-0.2, -0.15) is 10.4 Å². The lowest BCUT2D eigenvalue weighted by molar-refractivity contribution is -0.111. The van der Waals surface area contributed by atoms with E-state index in [0.717, 1.165) is 11.3 Å². The first kappa shape index (κ1) is 17.5. The average Bonchev–Trinajstić information content (AvgIpc) is 3.05. The Labute approximate surface area is 156 Å². The van der Waals surface area contributed by atoms with Gasteiger partial charge in [0.15, 0.2) is 5.82 Å². The first-order valence-corrected chi connectivity index (χ1v) is 9.12. The van der Waals surface area contributed by atoms with Crippen LogP contribution in [0.5, 0.6) is 0 Å². The smallest absolute Gasteiger partial charge is 0.249 e. The Kier molecular flexibility index (Phi) is 5.52. The molecule has 0 unspecified atom stereocenters. The lowest BCUT2D eigenvalue weighted by Gasteiger charge is -2.07. The van der Waals surface area contributed by atoms with Crippen LogP contribution in [0.1, 0.15) is 11.1 Å². The number of aromatic nitrogens is 2. The number of carbonyl (C=O) groups is 1. The molecule has 1 N–H and O–H groups in total. The maximum atomic E-state index is 12.4. The molecule has 0 aliphatic rings. The van der Waals surface area contributed by atoms with E-state index < -0.39 is 0 Å². The van der Waals surface area contributed by atoms with Gasteiger partial charge in [-0.05, 0) is 30.0 Å². The molecule has 26 heavy (non-hydrogen) atoms. The maximum Gasteiger partial charge on any atom is 0.249 e. The summed E-state index contributed by atoms with van der Waals surface area (Å²) in [6.45, 7) is 0. The number of nitriles is 1. The van der Waals surface area contributed by atoms with Crippen LogP contribution in [-0.4, -0.2) is 21.9 Å². The van der Waals surface area contributed by atoms with Gasteiger partial charge in [-0.3, -0.25) is 4.79 Å². The summed E-state index contributed by atoms with van der Waals surface area (Å²) in [5, 5.41) is 17.3. The summed E-state index contributed by atoms with van der Waals surface area (Å²) >= 11 is 1.36. The number of rotatable bonds is 5. The summed E-state index contributed by atoms with van der Waals surface area (Å²) in [6, 6.07) is 21.1. The van der Waals surface area contributed by atoms with E-state index in [0.29, 0.717) is 16.4 Å². The molecule has 128 valence electrons. The van der Waals surface area contributed by atoms with E-state index >= 15 is 0 Å². The van der Waals surface area contributed by atoms with Crippen molar-refractivity contribution in [2.24, 2.45) is 0 Å². The molecule has 1 aromatic heterocycles. The molecule has 0 spiro atoms. The second-order valence-corrected chi connectivity index (χ2v) is 6.12. The number of thioether (sulfide) groups is 1. The minimum Gasteiger partial charge on any atom is -0.306 e. The standard InChI is InChI=1S/C20H16N4OS/c1-26-20-17(14-21)19(24(23-20)16-10-6-3-7-11-16)22-18(25)13-12-15-8-4-2-5-9-15/h2-13H,1H3,(H,22,25). The molecule has 3 aromatic rings. The van der Waals surface area contributed by atoms with Crippen LogP contribution in [0, 0.1) is 11.3 Å². The van der Waals surface area contributed by atoms with E-state index in [4.69, 9.17) is 0 Å². The Morgan fingerprint density at radius 3 is 2.42 bits per heavy atom. The van der Waals surface area contributed by atoms with Crippen LogP contribution in [0.4, 0.5) is 5.82 Å². The summed E-state index contributed by atoms with van der Waals surface area (Å²) in [7, 11) is 0. The number of benzene rings is 2. The normalized spacial score (nSPS) is 10.6. The molecule has 0 aliphatic carbocycles. The van der Waals surface area contributed by atoms with Gasteiger partial charge in [-0.15, -0.1) is 11.8 Å². The number of hydrogen-bond donors (Lipinski definition) is 1. The van der Waals surface area contributed by atoms with Crippen molar-refractivity contribution in [1.82, 2.24) is 9.78 Å². The fourth-order valence-electron chi connectivity index (χ4n) is 2.41. The largest absolute Gasteiger partial charge is 0.306 e. The van der Waals surface area contributed by atoms with Crippen LogP contribution < -0.4 is 5.32 Å². The molecule has 0 fully saturated rings. The first-order valence-electron chi connectivity index (χ1n) is 7.89. The van der Waals surface area contributed by atoms with E-state index in [-0.39, 0.29) is 5.91 Å². The highest BCUT2D eigenvalue weighted by Gasteiger charge is 2.19. The van der Waals surface area contributed by atoms with Gasteiger partial charge in [-0.1, -0.05) is 48.5 Å². The fourth-order valence-corrected chi connectivity index (χ4v) is 2.92. The third-order valence-electron chi connectivity index (χ3n) is 3.63. The third kappa shape index (κ3) is 3.85. The first-order chi connectivity index (χ1) is 12.7. The summed E-state index contributed by atoms with van der Waals surface area (Å²) in [5.41, 5.74) is 2.04. The number of carbonyl (C=O) groups excluding carboxylic acids is 1. The van der Waals surface area contributed by atoms with Crippen molar-refractivity contribution < 1.29 is 4.79 Å². The summed E-state index contributed by atoms with van der Waals surface area (Å²) in [4.78, 5) is 12.4. The highest BCUT2D eigenvalue weighted by molar-refractivity contribution is 7.98. The Bertz CT molecular complexity index is 972. The number of nitrogens with zero attached hydrogens (tertiary/aromatic N) is 3. The third-order valence-corrected chi connectivity index (χ3v) is 4.30. The minimum absolute atomic E-state index is 0.324. The van der Waals surface area contributed by atoms with Gasteiger partial charge >= 0.3 is 0 Å². The van der Waals surface area contributed by atoms with E-state index in [1.54, 1.807) is 10.8 Å². The van der Waals surface area contributed by atoms with E-state index in [1.807, 2.05) is 66.9 Å². The van der Waals surface area contributed by atoms with Crippen LogP contribution >= 0.6 is 11.8 Å². The quantitative estimate of drug-likeness (QED) is 0.549. The van der Waals surface area contributed by atoms with Gasteiger partial charge in [-0.25, -0.2) is 4.68 Å². The predicted molar refractivity (Wildman–Crippen MR) is 104 cm³/mol. The van der Waals surface area contributed by atoms with Gasteiger partial charge in [0.25, 0.3) is 0 Å². The molecule has 0 bridgehead atoms. The van der Waals surface area contributed by atoms with Crippen LogP contribution in [0.25, 0.3) is 11.8 Å². The monoisotopic (exact) mass is 360 g/mol. The maximum absolute atomic E-state index is 12.4. The van der Waals surface area contributed by atoms with E-state index in [9.17, 15) is 10.1 Å². The fraction of sp³-hybridized carbons (Fsp3) is 0.0500. The van der Waals surface area contributed by atoms with Crippen molar-refractivity contribution in [2.45, 2.75) is 5.03 Å². The Morgan fingerprint density at radius 2 is 1.81 bits per heavy atom. The van der Waals surface area contributed by atoms with Crippen LogP contribution in [0.15, 0.2) is 71.8 Å². The van der Waals surface area contributed by atoms with Gasteiger partial charge in [0.1, 0.15) is 16.7 Å². The second-order valence-electron chi connectivity index (χ2n) is 5.33. The molecule has 0 atom stereocenters. The van der Waals surface area contributed by atoms with Gasteiger partial charge < -0.3 is 5.32 Å². The molecule has 0 aliphatic heterocycles. The van der Waals surface area contributed by atoms with Gasteiger partial charge in [0.05, 0.1) is 5.69 Å². The molecule has 6 heteroatoms. The van der Waals surface area contributed by atoms with Crippen molar-refractivity contribution >= 4 is 29.6 Å². The SMILES string of the molecule is CSc1nn(-c2ccccc2)c(NC(=O)C=Cc2ccccc2)c1C#N. The average molecular weight is 360 g/mol. The highest BCUT2D eigenvalue weighted by atomic mass is 32.2.